The van der Waals surface area contributed by atoms with Gasteiger partial charge in [-0.15, -0.1) is 0 Å². The lowest BCUT2D eigenvalue weighted by atomic mass is 10.1. The van der Waals surface area contributed by atoms with Crippen molar-refractivity contribution in [1.82, 2.24) is 9.88 Å². The maximum Gasteiger partial charge on any atom is 0.310 e. The Kier molecular flexibility index (Phi) is 4.49. The highest BCUT2D eigenvalue weighted by Crippen LogP contribution is 2.22. The quantitative estimate of drug-likeness (QED) is 0.814. The summed E-state index contributed by atoms with van der Waals surface area (Å²) < 4.78 is 4.84. The standard InChI is InChI=1S/C18H20N2O2/c1-22-18(21)16-8-10-20(13-16)12-14-5-4-6-15(11-14)17-7-2-3-9-19-17/h2-7,9,11,16H,8,10,12-13H2,1H3. The van der Waals surface area contributed by atoms with Gasteiger partial charge in [-0.25, -0.2) is 0 Å². The van der Waals surface area contributed by atoms with Gasteiger partial charge >= 0.3 is 5.97 Å². The molecule has 4 nitrogen and oxygen atoms in total. The molecule has 22 heavy (non-hydrogen) atoms. The largest absolute Gasteiger partial charge is 0.469 e. The van der Waals surface area contributed by atoms with Gasteiger partial charge in [0, 0.05) is 24.8 Å². The van der Waals surface area contributed by atoms with Gasteiger partial charge in [0.1, 0.15) is 0 Å². The predicted octanol–water partition coefficient (Wildman–Crippen LogP) is 2.74. The number of ether oxygens (including phenoxy) is 1. The summed E-state index contributed by atoms with van der Waals surface area (Å²) in [5.74, 6) is -0.0753. The summed E-state index contributed by atoms with van der Waals surface area (Å²) in [6.07, 6.45) is 2.69. The lowest BCUT2D eigenvalue weighted by Crippen LogP contribution is -2.23. The molecule has 0 amide bonds. The van der Waals surface area contributed by atoms with Crippen LogP contribution in [-0.4, -0.2) is 36.1 Å². The van der Waals surface area contributed by atoms with E-state index in [1.165, 1.54) is 12.7 Å². The van der Waals surface area contributed by atoms with Gasteiger partial charge in [0.15, 0.2) is 0 Å². The molecule has 0 saturated carbocycles. The average molecular weight is 296 g/mol. The normalized spacial score (nSPS) is 18.3. The molecule has 0 aliphatic carbocycles. The summed E-state index contributed by atoms with van der Waals surface area (Å²) in [5, 5.41) is 0. The van der Waals surface area contributed by atoms with Gasteiger partial charge in [0.25, 0.3) is 0 Å². The van der Waals surface area contributed by atoms with E-state index in [0.717, 1.165) is 37.3 Å². The van der Waals surface area contributed by atoms with Crippen LogP contribution in [0.2, 0.25) is 0 Å². The maximum absolute atomic E-state index is 11.6. The van der Waals surface area contributed by atoms with Crippen LogP contribution >= 0.6 is 0 Å². The van der Waals surface area contributed by atoms with Crippen LogP contribution in [0, 0.1) is 5.92 Å². The zero-order chi connectivity index (χ0) is 15.4. The lowest BCUT2D eigenvalue weighted by molar-refractivity contribution is -0.144. The number of hydrogen-bond acceptors (Lipinski definition) is 4. The molecule has 0 spiro atoms. The molecule has 1 saturated heterocycles. The molecule has 0 bridgehead atoms. The molecule has 1 aromatic carbocycles. The Balaban J connectivity index is 1.68. The van der Waals surface area contributed by atoms with Gasteiger partial charge in [-0.2, -0.15) is 0 Å². The first kappa shape index (κ1) is 14.7. The summed E-state index contributed by atoms with van der Waals surface area (Å²) in [6, 6.07) is 14.4. The van der Waals surface area contributed by atoms with E-state index in [4.69, 9.17) is 4.74 Å². The number of likely N-dealkylation sites (tertiary alicyclic amines) is 1. The summed E-state index contributed by atoms with van der Waals surface area (Å²) in [6.45, 7) is 2.57. The fraction of sp³-hybridized carbons (Fsp3) is 0.333. The number of benzene rings is 1. The number of rotatable bonds is 4. The van der Waals surface area contributed by atoms with Gasteiger partial charge in [-0.05, 0) is 36.7 Å². The van der Waals surface area contributed by atoms with Gasteiger partial charge < -0.3 is 4.74 Å². The van der Waals surface area contributed by atoms with Crippen LogP contribution in [0.15, 0.2) is 48.7 Å². The zero-order valence-corrected chi connectivity index (χ0v) is 12.7. The third kappa shape index (κ3) is 3.34. The van der Waals surface area contributed by atoms with Crippen LogP contribution < -0.4 is 0 Å². The van der Waals surface area contributed by atoms with E-state index in [0.29, 0.717) is 0 Å². The van der Waals surface area contributed by atoms with E-state index in [1.807, 2.05) is 24.4 Å². The van der Waals surface area contributed by atoms with Crippen LogP contribution in [-0.2, 0) is 16.1 Å². The maximum atomic E-state index is 11.6. The number of aromatic nitrogens is 1. The highest BCUT2D eigenvalue weighted by molar-refractivity contribution is 5.72. The summed E-state index contributed by atoms with van der Waals surface area (Å²) in [4.78, 5) is 18.3. The second-order valence-corrected chi connectivity index (χ2v) is 5.66. The Morgan fingerprint density at radius 2 is 2.23 bits per heavy atom. The minimum Gasteiger partial charge on any atom is -0.469 e. The topological polar surface area (TPSA) is 42.4 Å². The Morgan fingerprint density at radius 3 is 3.00 bits per heavy atom. The van der Waals surface area contributed by atoms with Gasteiger partial charge in [-0.3, -0.25) is 14.7 Å². The van der Waals surface area contributed by atoms with Crippen molar-refractivity contribution in [3.05, 3.63) is 54.2 Å². The highest BCUT2D eigenvalue weighted by atomic mass is 16.5. The second-order valence-electron chi connectivity index (χ2n) is 5.66. The van der Waals surface area contributed by atoms with Crippen molar-refractivity contribution in [2.24, 2.45) is 5.92 Å². The van der Waals surface area contributed by atoms with Crippen molar-refractivity contribution in [2.75, 3.05) is 20.2 Å². The van der Waals surface area contributed by atoms with Crippen LogP contribution in [0.5, 0.6) is 0 Å². The Labute approximate surface area is 130 Å². The molecule has 0 N–H and O–H groups in total. The van der Waals surface area contributed by atoms with E-state index in [-0.39, 0.29) is 11.9 Å². The third-order valence-corrected chi connectivity index (χ3v) is 4.10. The number of carbonyl (C=O) groups is 1. The monoisotopic (exact) mass is 296 g/mol. The van der Waals surface area contributed by atoms with E-state index in [9.17, 15) is 4.79 Å². The van der Waals surface area contributed by atoms with Gasteiger partial charge in [0.05, 0.1) is 18.7 Å². The predicted molar refractivity (Wildman–Crippen MR) is 85.1 cm³/mol. The first-order valence-electron chi connectivity index (χ1n) is 7.57. The molecule has 3 rings (SSSR count). The summed E-state index contributed by atoms with van der Waals surface area (Å²) >= 11 is 0. The van der Waals surface area contributed by atoms with Gasteiger partial charge in [0.2, 0.25) is 0 Å². The summed E-state index contributed by atoms with van der Waals surface area (Å²) in [7, 11) is 1.46. The number of pyridine rings is 1. The molecule has 2 heterocycles. The molecular weight excluding hydrogens is 276 g/mol. The average Bonchev–Trinajstić information content (AvgIpc) is 3.04. The molecule has 0 radical (unpaired) electrons. The van der Waals surface area contributed by atoms with E-state index < -0.39 is 0 Å². The van der Waals surface area contributed by atoms with Gasteiger partial charge in [-0.1, -0.05) is 24.3 Å². The molecule has 2 aromatic rings. The SMILES string of the molecule is COC(=O)C1CCN(Cc2cccc(-c3ccccn3)c2)C1. The number of hydrogen-bond donors (Lipinski definition) is 0. The molecule has 1 aromatic heterocycles. The van der Waals surface area contributed by atoms with Crippen molar-refractivity contribution < 1.29 is 9.53 Å². The summed E-state index contributed by atoms with van der Waals surface area (Å²) in [5.41, 5.74) is 3.36. The van der Waals surface area contributed by atoms with Crippen molar-refractivity contribution in [1.29, 1.82) is 0 Å². The molecule has 1 atom stereocenters. The second kappa shape index (κ2) is 6.71. The Hall–Kier alpha value is -2.20. The third-order valence-electron chi connectivity index (χ3n) is 4.10. The molecule has 4 heteroatoms. The molecule has 1 aliphatic heterocycles. The van der Waals surface area contributed by atoms with Crippen molar-refractivity contribution >= 4 is 5.97 Å². The van der Waals surface area contributed by atoms with Crippen LogP contribution in [0.1, 0.15) is 12.0 Å². The molecule has 1 fully saturated rings. The van der Waals surface area contributed by atoms with Crippen molar-refractivity contribution in [2.45, 2.75) is 13.0 Å². The Morgan fingerprint density at radius 1 is 1.32 bits per heavy atom. The van der Waals surface area contributed by atoms with E-state index in [2.05, 4.69) is 34.1 Å². The smallest absolute Gasteiger partial charge is 0.310 e. The fourth-order valence-corrected chi connectivity index (χ4v) is 2.96. The van der Waals surface area contributed by atoms with E-state index >= 15 is 0 Å². The zero-order valence-electron chi connectivity index (χ0n) is 12.7. The minimum absolute atomic E-state index is 0.0176. The highest BCUT2D eigenvalue weighted by Gasteiger charge is 2.28. The minimum atomic E-state index is -0.0928. The van der Waals surface area contributed by atoms with Crippen molar-refractivity contribution in [3.8, 4) is 11.3 Å². The van der Waals surface area contributed by atoms with E-state index in [1.54, 1.807) is 0 Å². The fourth-order valence-electron chi connectivity index (χ4n) is 2.96. The van der Waals surface area contributed by atoms with Crippen molar-refractivity contribution in [3.63, 3.8) is 0 Å². The molecule has 1 aliphatic rings. The number of esters is 1. The number of methoxy groups -OCH3 is 1. The number of carbonyl (C=O) groups excluding carboxylic acids is 1. The molecule has 114 valence electrons. The lowest BCUT2D eigenvalue weighted by Gasteiger charge is -2.16. The van der Waals surface area contributed by atoms with Crippen LogP contribution in [0.4, 0.5) is 0 Å². The first-order valence-corrected chi connectivity index (χ1v) is 7.57. The van der Waals surface area contributed by atoms with Crippen LogP contribution in [0.3, 0.4) is 0 Å². The molecule has 1 unspecified atom stereocenters. The first-order chi connectivity index (χ1) is 10.8. The van der Waals surface area contributed by atoms with Crippen LogP contribution in [0.25, 0.3) is 11.3 Å². The Bertz CT molecular complexity index is 643. The molecular formula is C18H20N2O2. The number of nitrogens with zero attached hydrogens (tertiary/aromatic N) is 2.